The van der Waals surface area contributed by atoms with Gasteiger partial charge in [-0.2, -0.15) is 0 Å². The third-order valence-corrected chi connectivity index (χ3v) is 7.05. The van der Waals surface area contributed by atoms with E-state index >= 15 is 0 Å². The zero-order valence-corrected chi connectivity index (χ0v) is 20.3. The molecule has 4 nitrogen and oxygen atoms in total. The zero-order chi connectivity index (χ0) is 24.7. The first-order valence-corrected chi connectivity index (χ1v) is 12.7. The predicted octanol–water partition coefficient (Wildman–Crippen LogP) is 6.95. The zero-order valence-electron chi connectivity index (χ0n) is 20.3. The van der Waals surface area contributed by atoms with Crippen LogP contribution in [0, 0.1) is 0 Å². The molecule has 3 N–H and O–H groups in total. The molecule has 0 bridgehead atoms. The third-order valence-electron chi connectivity index (χ3n) is 7.05. The normalized spacial score (nSPS) is 17.9. The van der Waals surface area contributed by atoms with Crippen molar-refractivity contribution in [3.8, 4) is 33.8 Å². The molecular weight excluding hydrogens is 444 g/mol. The number of nitrogens with zero attached hydrogens (tertiary/aromatic N) is 1. The van der Waals surface area contributed by atoms with Gasteiger partial charge in [0, 0.05) is 41.1 Å². The van der Waals surface area contributed by atoms with Crippen LogP contribution >= 0.6 is 0 Å². The number of para-hydroxylation sites is 2. The molecular formula is C32H32N2O2. The molecule has 2 atom stereocenters. The molecule has 36 heavy (non-hydrogen) atoms. The Labute approximate surface area is 213 Å². The van der Waals surface area contributed by atoms with Crippen molar-refractivity contribution in [2.24, 2.45) is 4.99 Å². The first kappa shape index (κ1) is 23.8. The maximum atomic E-state index is 10.9. The Morgan fingerprint density at radius 1 is 0.694 bits per heavy atom. The number of phenols is 2. The molecule has 0 aliphatic heterocycles. The molecule has 1 fully saturated rings. The van der Waals surface area contributed by atoms with E-state index in [9.17, 15) is 10.2 Å². The SMILES string of the molecule is Oc1c(C=N[C@@H]2CCCC[C@H]2NCc2cccc(-c3ccccc3)c2O)cccc1-c1ccccc1. The summed E-state index contributed by atoms with van der Waals surface area (Å²) in [5.41, 5.74) is 5.27. The molecule has 1 aliphatic carbocycles. The molecule has 4 aromatic rings. The number of hydrogen-bond donors (Lipinski definition) is 3. The average molecular weight is 477 g/mol. The first-order chi connectivity index (χ1) is 17.7. The lowest BCUT2D eigenvalue weighted by molar-refractivity contribution is 0.327. The summed E-state index contributed by atoms with van der Waals surface area (Å²) in [6.45, 7) is 0.581. The van der Waals surface area contributed by atoms with Gasteiger partial charge in [0.2, 0.25) is 0 Å². The summed E-state index contributed by atoms with van der Waals surface area (Å²) in [7, 11) is 0. The summed E-state index contributed by atoms with van der Waals surface area (Å²) in [5.74, 6) is 0.588. The van der Waals surface area contributed by atoms with Crippen molar-refractivity contribution in [1.82, 2.24) is 5.32 Å². The molecule has 0 spiro atoms. The second-order valence-corrected chi connectivity index (χ2v) is 9.41. The van der Waals surface area contributed by atoms with E-state index in [2.05, 4.69) is 5.32 Å². The highest BCUT2D eigenvalue weighted by atomic mass is 16.3. The maximum absolute atomic E-state index is 10.9. The van der Waals surface area contributed by atoms with Crippen molar-refractivity contribution in [1.29, 1.82) is 0 Å². The smallest absolute Gasteiger partial charge is 0.132 e. The van der Waals surface area contributed by atoms with Gasteiger partial charge in [-0.1, -0.05) is 104 Å². The predicted molar refractivity (Wildman–Crippen MR) is 148 cm³/mol. The van der Waals surface area contributed by atoms with Gasteiger partial charge < -0.3 is 15.5 Å². The van der Waals surface area contributed by atoms with Crippen molar-refractivity contribution >= 4 is 6.21 Å². The van der Waals surface area contributed by atoms with Crippen LogP contribution in [0.3, 0.4) is 0 Å². The summed E-state index contributed by atoms with van der Waals surface area (Å²) in [5, 5.41) is 25.5. The molecule has 0 heterocycles. The lowest BCUT2D eigenvalue weighted by Gasteiger charge is -2.30. The number of nitrogens with one attached hydrogen (secondary N) is 1. The van der Waals surface area contributed by atoms with E-state index in [1.54, 1.807) is 0 Å². The molecule has 0 unspecified atom stereocenters. The quantitative estimate of drug-likeness (QED) is 0.253. The van der Waals surface area contributed by atoms with Gasteiger partial charge in [-0.25, -0.2) is 0 Å². The van der Waals surface area contributed by atoms with E-state index in [1.165, 1.54) is 0 Å². The topological polar surface area (TPSA) is 64.9 Å². The summed E-state index contributed by atoms with van der Waals surface area (Å²) in [4.78, 5) is 4.92. The fraction of sp³-hybridized carbons (Fsp3) is 0.219. The van der Waals surface area contributed by atoms with E-state index < -0.39 is 0 Å². The molecule has 4 heteroatoms. The summed E-state index contributed by atoms with van der Waals surface area (Å²) in [6, 6.07) is 32.0. The van der Waals surface area contributed by atoms with Crippen molar-refractivity contribution in [2.45, 2.75) is 44.3 Å². The minimum absolute atomic E-state index is 0.123. The van der Waals surface area contributed by atoms with Gasteiger partial charge in [-0.15, -0.1) is 0 Å². The molecule has 0 saturated heterocycles. The third kappa shape index (κ3) is 5.34. The van der Waals surface area contributed by atoms with Crippen molar-refractivity contribution in [3.63, 3.8) is 0 Å². The minimum atomic E-state index is 0.123. The first-order valence-electron chi connectivity index (χ1n) is 12.7. The van der Waals surface area contributed by atoms with Crippen molar-refractivity contribution in [2.75, 3.05) is 0 Å². The fourth-order valence-electron chi connectivity index (χ4n) is 5.05. The highest BCUT2D eigenvalue weighted by Gasteiger charge is 2.24. The molecule has 0 radical (unpaired) electrons. The van der Waals surface area contributed by atoms with Gasteiger partial charge in [0.25, 0.3) is 0 Å². The van der Waals surface area contributed by atoms with E-state index in [0.717, 1.165) is 59.1 Å². The molecule has 1 aliphatic rings. The Balaban J connectivity index is 1.30. The van der Waals surface area contributed by atoms with Crippen LogP contribution in [-0.2, 0) is 6.54 Å². The van der Waals surface area contributed by atoms with Crippen molar-refractivity contribution in [3.05, 3.63) is 108 Å². The number of hydrogen-bond acceptors (Lipinski definition) is 4. The second kappa shape index (κ2) is 11.2. The Kier molecular flexibility index (Phi) is 7.44. The number of aromatic hydroxyl groups is 2. The van der Waals surface area contributed by atoms with Crippen LogP contribution in [0.1, 0.15) is 36.8 Å². The van der Waals surface area contributed by atoms with Crippen LogP contribution in [0.4, 0.5) is 0 Å². The monoisotopic (exact) mass is 476 g/mol. The summed E-state index contributed by atoms with van der Waals surface area (Å²) < 4.78 is 0. The van der Waals surface area contributed by atoms with Crippen LogP contribution in [0.15, 0.2) is 102 Å². The largest absolute Gasteiger partial charge is 0.507 e. The van der Waals surface area contributed by atoms with E-state index in [1.807, 2.05) is 103 Å². The maximum Gasteiger partial charge on any atom is 0.132 e. The lowest BCUT2D eigenvalue weighted by atomic mass is 9.90. The lowest BCUT2D eigenvalue weighted by Crippen LogP contribution is -2.40. The summed E-state index contributed by atoms with van der Waals surface area (Å²) >= 11 is 0. The van der Waals surface area contributed by atoms with Gasteiger partial charge >= 0.3 is 0 Å². The Morgan fingerprint density at radius 2 is 1.31 bits per heavy atom. The Bertz CT molecular complexity index is 1320. The van der Waals surface area contributed by atoms with Gasteiger partial charge in [0.05, 0.1) is 6.04 Å². The van der Waals surface area contributed by atoms with Crippen LogP contribution in [0.5, 0.6) is 11.5 Å². The standard InChI is InChI=1S/C32H32N2O2/c35-31-25(15-9-17-27(31)23-11-3-1-4-12-23)21-33-29-19-7-8-20-30(29)34-22-26-16-10-18-28(32(26)36)24-13-5-2-6-14-24/h1-6,9-18,21,29-30,34-36H,7-8,19-20,22H2/t29-,30-/m1/s1. The molecule has 1 saturated carbocycles. The highest BCUT2D eigenvalue weighted by molar-refractivity contribution is 5.88. The molecule has 182 valence electrons. The number of phenolic OH excluding ortho intramolecular Hbond substituents is 2. The van der Waals surface area contributed by atoms with Crippen LogP contribution < -0.4 is 5.32 Å². The number of benzene rings is 4. The van der Waals surface area contributed by atoms with Gasteiger partial charge in [0.15, 0.2) is 0 Å². The summed E-state index contributed by atoms with van der Waals surface area (Å²) in [6.07, 6.45) is 6.17. The molecule has 4 aromatic carbocycles. The highest BCUT2D eigenvalue weighted by Crippen LogP contribution is 2.33. The average Bonchev–Trinajstić information content (AvgIpc) is 2.93. The molecule has 0 amide bonds. The van der Waals surface area contributed by atoms with E-state index in [0.29, 0.717) is 12.3 Å². The van der Waals surface area contributed by atoms with Crippen LogP contribution in [-0.4, -0.2) is 28.5 Å². The Morgan fingerprint density at radius 3 is 2.00 bits per heavy atom. The number of rotatable bonds is 7. The minimum Gasteiger partial charge on any atom is -0.507 e. The van der Waals surface area contributed by atoms with E-state index in [4.69, 9.17) is 4.99 Å². The van der Waals surface area contributed by atoms with Gasteiger partial charge in [-0.3, -0.25) is 4.99 Å². The number of aliphatic imine (C=N–C) groups is 1. The van der Waals surface area contributed by atoms with Crippen LogP contribution in [0.25, 0.3) is 22.3 Å². The van der Waals surface area contributed by atoms with E-state index in [-0.39, 0.29) is 17.8 Å². The Hall–Kier alpha value is -3.89. The molecule has 5 rings (SSSR count). The van der Waals surface area contributed by atoms with Crippen LogP contribution in [0.2, 0.25) is 0 Å². The van der Waals surface area contributed by atoms with Gasteiger partial charge in [-0.05, 0) is 30.0 Å². The second-order valence-electron chi connectivity index (χ2n) is 9.41. The van der Waals surface area contributed by atoms with Crippen molar-refractivity contribution < 1.29 is 10.2 Å². The van der Waals surface area contributed by atoms with Gasteiger partial charge in [0.1, 0.15) is 11.5 Å². The molecule has 0 aromatic heterocycles. The fourth-order valence-corrected chi connectivity index (χ4v) is 5.05.